The van der Waals surface area contributed by atoms with Crippen molar-refractivity contribution in [3.05, 3.63) is 0 Å². The Morgan fingerprint density at radius 1 is 1.00 bits per heavy atom. The van der Waals surface area contributed by atoms with E-state index in [1.807, 2.05) is 0 Å². The molecule has 0 heterocycles. The minimum absolute atomic E-state index is 0. The minimum Gasteiger partial charge on any atom is 0 e. The fourth-order valence-electron chi connectivity index (χ4n) is 0. The molecule has 0 N–H and O–H groups in total. The normalized spacial score (nSPS) is 0. The van der Waals surface area contributed by atoms with Gasteiger partial charge in [-0.05, 0) is 0 Å². The van der Waals surface area contributed by atoms with Crippen molar-refractivity contribution in [3.63, 3.8) is 0 Å². The quantitative estimate of drug-likeness (QED) is 0.473. The Hall–Kier alpha value is 2.05. The van der Waals surface area contributed by atoms with Crippen LogP contribution < -0.4 is 0 Å². The molecular formula is HCoFLiMnNi. The van der Waals surface area contributed by atoms with E-state index in [9.17, 15) is 0 Å². The van der Waals surface area contributed by atoms with Crippen molar-refractivity contribution in [1.29, 1.82) is 0 Å². The average Bonchev–Trinajstić information content (AvgIpc) is 0. The van der Waals surface area contributed by atoms with Crippen LogP contribution in [0.15, 0.2) is 0 Å². The van der Waals surface area contributed by atoms with Gasteiger partial charge in [0.25, 0.3) is 0 Å². The molecule has 0 unspecified atom stereocenters. The molecule has 0 amide bonds. The first-order chi connectivity index (χ1) is 0. The molecule has 0 aliphatic carbocycles. The first-order valence-corrected chi connectivity index (χ1v) is 0. The van der Waals surface area contributed by atoms with Crippen LogP contribution in [0.25, 0.3) is 0 Å². The molecule has 3 radical (unpaired) electrons. The molecule has 0 aromatic carbocycles. The third-order valence-corrected chi connectivity index (χ3v) is 0. The van der Waals surface area contributed by atoms with Gasteiger partial charge in [-0.15, -0.1) is 0 Å². The molecule has 5 heteroatoms. The van der Waals surface area contributed by atoms with E-state index in [1.165, 1.54) is 0 Å². The smallest absolute Gasteiger partial charge is 0 e. The molecule has 0 atom stereocenters. The zero-order chi connectivity index (χ0) is 0. The zero-order valence-corrected chi connectivity index (χ0v) is 4.61. The van der Waals surface area contributed by atoms with Gasteiger partial charge in [0.1, 0.15) is 0 Å². The molecule has 0 saturated heterocycles. The van der Waals surface area contributed by atoms with Gasteiger partial charge in [-0.2, -0.15) is 0 Å². The third-order valence-electron chi connectivity index (χ3n) is 0. The number of hydrogen-bond acceptors (Lipinski definition) is 0. The summed E-state index contributed by atoms with van der Waals surface area (Å²) in [6.07, 6.45) is 0. The van der Waals surface area contributed by atoms with Crippen LogP contribution in [0.4, 0.5) is 4.70 Å². The summed E-state index contributed by atoms with van der Waals surface area (Å²) in [6.45, 7) is 0. The SMILES string of the molecule is [Co].[F].[LiH].[Mn].[Ni]. The largest absolute Gasteiger partial charge is 0 e. The molecule has 0 rings (SSSR count). The van der Waals surface area contributed by atoms with Crippen LogP contribution >= 0.6 is 0 Å². The van der Waals surface area contributed by atoms with Gasteiger partial charge in [0.05, 0.1) is 0 Å². The Bertz CT molecular complexity index is 11.6. The van der Waals surface area contributed by atoms with Crippen molar-refractivity contribution >= 4 is 18.9 Å². The van der Waals surface area contributed by atoms with Crippen molar-refractivity contribution in [2.45, 2.75) is 0 Å². The topological polar surface area (TPSA) is 0 Å². The molecule has 0 aliphatic rings. The van der Waals surface area contributed by atoms with Gasteiger partial charge in [-0.1, -0.05) is 0 Å². The average molecular weight is 200 g/mol. The van der Waals surface area contributed by atoms with Gasteiger partial charge in [0, 0.05) is 55.0 Å². The summed E-state index contributed by atoms with van der Waals surface area (Å²) < 4.78 is 0. The van der Waals surface area contributed by atoms with E-state index in [-0.39, 0.29) is 73.9 Å². The van der Waals surface area contributed by atoms with E-state index in [0.29, 0.717) is 0 Å². The Morgan fingerprint density at radius 2 is 1.00 bits per heavy atom. The van der Waals surface area contributed by atoms with Crippen LogP contribution in [0, 0.1) is 0 Å². The van der Waals surface area contributed by atoms with Crippen molar-refractivity contribution in [2.24, 2.45) is 0 Å². The minimum atomic E-state index is 0. The maximum Gasteiger partial charge on any atom is 0 e. The first kappa shape index (κ1) is 61.5. The fourth-order valence-corrected chi connectivity index (χ4v) is 0. The van der Waals surface area contributed by atoms with E-state index in [0.717, 1.165) is 0 Å². The fraction of sp³-hybridized carbons (Fsp3) is 0. The third kappa shape index (κ3) is 23.6. The predicted molar refractivity (Wildman–Crippen MR) is 8.26 cm³/mol. The monoisotopic (exact) mass is 199 g/mol. The summed E-state index contributed by atoms with van der Waals surface area (Å²) in [6, 6.07) is 0. The van der Waals surface area contributed by atoms with Crippen LogP contribution in [-0.2, 0) is 50.3 Å². The van der Waals surface area contributed by atoms with Crippen LogP contribution in [0.5, 0.6) is 0 Å². The number of hydrogen-bond donors (Lipinski definition) is 0. The van der Waals surface area contributed by atoms with E-state index >= 15 is 0 Å². The molecule has 0 saturated carbocycles. The molecule has 0 nitrogen and oxygen atoms in total. The number of halogens is 1. The second kappa shape index (κ2) is 36.8. The Kier molecular flexibility index (Phi) is 452. The van der Waals surface area contributed by atoms with E-state index in [2.05, 4.69) is 0 Å². The first-order valence-electron chi connectivity index (χ1n) is 0. The summed E-state index contributed by atoms with van der Waals surface area (Å²) in [7, 11) is 0. The summed E-state index contributed by atoms with van der Waals surface area (Å²) in [5.41, 5.74) is 0. The van der Waals surface area contributed by atoms with Crippen molar-refractivity contribution in [1.82, 2.24) is 0 Å². The Labute approximate surface area is 73.4 Å². The van der Waals surface area contributed by atoms with Gasteiger partial charge in [-0.3, -0.25) is 0 Å². The van der Waals surface area contributed by atoms with Gasteiger partial charge >= 0.3 is 18.9 Å². The van der Waals surface area contributed by atoms with Crippen LogP contribution in [0.1, 0.15) is 0 Å². The zero-order valence-electron chi connectivity index (χ0n) is 1.41. The number of rotatable bonds is 0. The predicted octanol–water partition coefficient (Wildman–Crippen LogP) is -0.236. The van der Waals surface area contributed by atoms with Gasteiger partial charge in [0.15, 0.2) is 0 Å². The summed E-state index contributed by atoms with van der Waals surface area (Å²) in [5, 5.41) is 0. The Balaban J connectivity index is 0. The van der Waals surface area contributed by atoms with E-state index < -0.39 is 0 Å². The van der Waals surface area contributed by atoms with Crippen molar-refractivity contribution < 1.29 is 55.0 Å². The second-order valence-corrected chi connectivity index (χ2v) is 0. The summed E-state index contributed by atoms with van der Waals surface area (Å²) in [5.74, 6) is 0. The van der Waals surface area contributed by atoms with E-state index in [4.69, 9.17) is 0 Å². The molecule has 35 valence electrons. The molecule has 0 aromatic heterocycles. The maximum atomic E-state index is 0. The van der Waals surface area contributed by atoms with Gasteiger partial charge in [0.2, 0.25) is 0 Å². The van der Waals surface area contributed by atoms with Crippen LogP contribution in [0.3, 0.4) is 0 Å². The van der Waals surface area contributed by atoms with Crippen molar-refractivity contribution in [3.8, 4) is 0 Å². The molecule has 0 fully saturated rings. The maximum absolute atomic E-state index is 0. The van der Waals surface area contributed by atoms with Crippen molar-refractivity contribution in [2.75, 3.05) is 0 Å². The standard InChI is InChI=1S/Co.F.Li.Mn.Ni.H. The molecular weight excluding hydrogens is 199 g/mol. The molecule has 0 aromatic rings. The molecule has 5 heavy (non-hydrogen) atoms. The molecule has 0 bridgehead atoms. The van der Waals surface area contributed by atoms with Crippen LogP contribution in [-0.4, -0.2) is 18.9 Å². The van der Waals surface area contributed by atoms with Gasteiger partial charge < -0.3 is 0 Å². The van der Waals surface area contributed by atoms with Gasteiger partial charge in [-0.25, -0.2) is 0 Å². The summed E-state index contributed by atoms with van der Waals surface area (Å²) >= 11 is 0. The second-order valence-electron chi connectivity index (χ2n) is 0. The molecule has 0 aliphatic heterocycles. The Morgan fingerprint density at radius 3 is 1.00 bits per heavy atom. The van der Waals surface area contributed by atoms with Crippen LogP contribution in [0.2, 0.25) is 0 Å². The van der Waals surface area contributed by atoms with E-state index in [1.54, 1.807) is 0 Å². The summed E-state index contributed by atoms with van der Waals surface area (Å²) in [4.78, 5) is 0. The molecule has 0 spiro atoms.